The first kappa shape index (κ1) is 11.1. The van der Waals surface area contributed by atoms with E-state index in [1.807, 2.05) is 0 Å². The molecule has 0 saturated carbocycles. The van der Waals surface area contributed by atoms with Crippen LogP contribution in [0.25, 0.3) is 0 Å². The minimum atomic E-state index is -0.798. The third-order valence-electron chi connectivity index (χ3n) is 3.20. The molecule has 0 aliphatic heterocycles. The molecule has 3 N–H and O–H groups in total. The minimum Gasteiger partial charge on any atom is -0.468 e. The maximum absolute atomic E-state index is 11.3. The molecule has 0 radical (unpaired) electrons. The zero-order valence-corrected chi connectivity index (χ0v) is 9.62. The molecule has 0 saturated heterocycles. The van der Waals surface area contributed by atoms with Gasteiger partial charge in [0.05, 0.1) is 12.8 Å². The van der Waals surface area contributed by atoms with Gasteiger partial charge in [0.2, 0.25) is 0 Å². The van der Waals surface area contributed by atoms with Gasteiger partial charge in [-0.25, -0.2) is 9.78 Å². The molecule has 2 rings (SSSR count). The van der Waals surface area contributed by atoms with Crippen molar-refractivity contribution >= 4 is 5.97 Å². The van der Waals surface area contributed by atoms with Crippen molar-refractivity contribution in [2.75, 3.05) is 7.11 Å². The molecule has 2 atom stereocenters. The molecule has 1 aromatic rings. The van der Waals surface area contributed by atoms with Gasteiger partial charge in [-0.3, -0.25) is 0 Å². The van der Waals surface area contributed by atoms with Crippen molar-refractivity contribution in [2.24, 2.45) is 5.73 Å². The van der Waals surface area contributed by atoms with Crippen molar-refractivity contribution in [2.45, 2.75) is 38.1 Å². The molecule has 0 spiro atoms. The molecule has 88 valence electrons. The molecule has 1 aliphatic carbocycles. The van der Waals surface area contributed by atoms with E-state index in [-0.39, 0.29) is 0 Å². The van der Waals surface area contributed by atoms with Gasteiger partial charge in [0, 0.05) is 11.6 Å². The summed E-state index contributed by atoms with van der Waals surface area (Å²) in [6, 6.07) is -0.798. The van der Waals surface area contributed by atoms with Crippen LogP contribution in [0.4, 0.5) is 0 Å². The monoisotopic (exact) mass is 223 g/mol. The zero-order valence-electron chi connectivity index (χ0n) is 9.62. The lowest BCUT2D eigenvalue weighted by Gasteiger charge is -2.07. The number of ether oxygens (including phenoxy) is 1. The van der Waals surface area contributed by atoms with E-state index in [2.05, 4.69) is 21.6 Å². The highest BCUT2D eigenvalue weighted by atomic mass is 16.5. The number of carbonyl (C=O) groups is 1. The second-order valence-corrected chi connectivity index (χ2v) is 4.13. The van der Waals surface area contributed by atoms with Crippen LogP contribution in [0.5, 0.6) is 0 Å². The Labute approximate surface area is 94.4 Å². The van der Waals surface area contributed by atoms with E-state index < -0.39 is 12.0 Å². The largest absolute Gasteiger partial charge is 0.468 e. The average molecular weight is 223 g/mol. The van der Waals surface area contributed by atoms with Crippen LogP contribution in [-0.4, -0.2) is 23.0 Å². The molecular weight excluding hydrogens is 206 g/mol. The highest BCUT2D eigenvalue weighted by Gasteiger charge is 2.28. The third-order valence-corrected chi connectivity index (χ3v) is 3.20. The second-order valence-electron chi connectivity index (χ2n) is 4.13. The molecule has 2 unspecified atom stereocenters. The summed E-state index contributed by atoms with van der Waals surface area (Å²) in [5, 5.41) is 0. The van der Waals surface area contributed by atoms with E-state index in [9.17, 15) is 4.79 Å². The van der Waals surface area contributed by atoms with Crippen LogP contribution in [-0.2, 0) is 16.0 Å². The number of nitrogens with zero attached hydrogens (tertiary/aromatic N) is 1. The Hall–Kier alpha value is -1.36. The summed E-state index contributed by atoms with van der Waals surface area (Å²) < 4.78 is 4.60. The Kier molecular flexibility index (Phi) is 2.96. The fraction of sp³-hybridized carbons (Fsp3) is 0.636. The number of nitrogens with one attached hydrogen (secondary N) is 1. The smallest absolute Gasteiger partial charge is 0.330 e. The molecular formula is C11H17N3O2. The first-order valence-electron chi connectivity index (χ1n) is 5.59. The fourth-order valence-corrected chi connectivity index (χ4v) is 2.21. The normalized spacial score (nSPS) is 20.6. The van der Waals surface area contributed by atoms with E-state index in [4.69, 9.17) is 5.73 Å². The number of fused-ring (bicyclic) bond motifs is 1. The van der Waals surface area contributed by atoms with Crippen molar-refractivity contribution in [3.8, 4) is 0 Å². The maximum atomic E-state index is 11.3. The summed E-state index contributed by atoms with van der Waals surface area (Å²) in [7, 11) is 1.33. The highest BCUT2D eigenvalue weighted by molar-refractivity contribution is 5.76. The Balaban J connectivity index is 2.23. The predicted octanol–water partition coefficient (Wildman–Crippen LogP) is 1.02. The number of nitrogens with two attached hydrogens (primary N) is 1. The predicted molar refractivity (Wildman–Crippen MR) is 58.9 cm³/mol. The van der Waals surface area contributed by atoms with Gasteiger partial charge < -0.3 is 15.5 Å². The average Bonchev–Trinajstić information content (AvgIpc) is 2.85. The number of H-pyrrole nitrogens is 1. The van der Waals surface area contributed by atoms with Gasteiger partial charge in [-0.05, 0) is 19.3 Å². The van der Waals surface area contributed by atoms with Gasteiger partial charge in [0.1, 0.15) is 5.82 Å². The number of aromatic nitrogens is 2. The standard InChI is InChI=1S/C11H17N3O2/c1-3-6-4-5-7-9(6)14-10(13-7)8(12)11(15)16-2/h6,8H,3-5,12H2,1-2H3,(H,13,14). The highest BCUT2D eigenvalue weighted by Crippen LogP contribution is 2.34. The lowest BCUT2D eigenvalue weighted by molar-refractivity contribution is -0.142. The summed E-state index contributed by atoms with van der Waals surface area (Å²) >= 11 is 0. The molecule has 0 fully saturated rings. The van der Waals surface area contributed by atoms with Gasteiger partial charge in [0.15, 0.2) is 6.04 Å². The molecule has 0 aromatic carbocycles. The number of imidazole rings is 1. The van der Waals surface area contributed by atoms with Gasteiger partial charge in [0.25, 0.3) is 0 Å². The number of rotatable bonds is 3. The number of esters is 1. The van der Waals surface area contributed by atoms with Crippen LogP contribution in [0, 0.1) is 0 Å². The second kappa shape index (κ2) is 4.25. The Bertz CT molecular complexity index is 400. The molecule has 5 heteroatoms. The summed E-state index contributed by atoms with van der Waals surface area (Å²) in [6.07, 6.45) is 3.21. The number of aromatic amines is 1. The molecule has 1 heterocycles. The van der Waals surface area contributed by atoms with Crippen LogP contribution in [0.1, 0.15) is 48.9 Å². The van der Waals surface area contributed by atoms with E-state index in [1.54, 1.807) is 0 Å². The van der Waals surface area contributed by atoms with Crippen LogP contribution in [0.2, 0.25) is 0 Å². The molecule has 0 amide bonds. The Morgan fingerprint density at radius 3 is 3.12 bits per heavy atom. The van der Waals surface area contributed by atoms with Crippen molar-refractivity contribution in [1.29, 1.82) is 0 Å². The molecule has 5 nitrogen and oxygen atoms in total. The molecule has 16 heavy (non-hydrogen) atoms. The number of hydrogen-bond donors (Lipinski definition) is 2. The molecule has 0 bridgehead atoms. The number of hydrogen-bond acceptors (Lipinski definition) is 4. The maximum Gasteiger partial charge on any atom is 0.330 e. The number of methoxy groups -OCH3 is 1. The molecule has 1 aliphatic rings. The number of aryl methyl sites for hydroxylation is 1. The first-order valence-corrected chi connectivity index (χ1v) is 5.59. The van der Waals surface area contributed by atoms with Crippen LogP contribution in [0.15, 0.2) is 0 Å². The SMILES string of the molecule is CCC1CCc2[nH]c(C(N)C(=O)OC)nc21. The lowest BCUT2D eigenvalue weighted by Crippen LogP contribution is -2.24. The van der Waals surface area contributed by atoms with Crippen molar-refractivity contribution in [1.82, 2.24) is 9.97 Å². The fourth-order valence-electron chi connectivity index (χ4n) is 2.21. The minimum absolute atomic E-state index is 0.458. The van der Waals surface area contributed by atoms with E-state index in [0.717, 1.165) is 30.7 Å². The summed E-state index contributed by atoms with van der Waals surface area (Å²) in [5.74, 6) is 0.570. The Morgan fingerprint density at radius 2 is 2.50 bits per heavy atom. The lowest BCUT2D eigenvalue weighted by atomic mass is 10.1. The Morgan fingerprint density at radius 1 is 1.75 bits per heavy atom. The summed E-state index contributed by atoms with van der Waals surface area (Å²) in [4.78, 5) is 18.8. The van der Waals surface area contributed by atoms with Crippen LogP contribution in [0.3, 0.4) is 0 Å². The summed E-state index contributed by atoms with van der Waals surface area (Å²) in [6.45, 7) is 2.15. The van der Waals surface area contributed by atoms with Crippen LogP contribution >= 0.6 is 0 Å². The van der Waals surface area contributed by atoms with Crippen LogP contribution < -0.4 is 5.73 Å². The van der Waals surface area contributed by atoms with E-state index >= 15 is 0 Å². The van der Waals surface area contributed by atoms with Gasteiger partial charge in [-0.1, -0.05) is 6.92 Å². The van der Waals surface area contributed by atoms with E-state index in [1.165, 1.54) is 7.11 Å². The van der Waals surface area contributed by atoms with Gasteiger partial charge >= 0.3 is 5.97 Å². The third kappa shape index (κ3) is 1.71. The molecule has 1 aromatic heterocycles. The van der Waals surface area contributed by atoms with Gasteiger partial charge in [-0.2, -0.15) is 0 Å². The summed E-state index contributed by atoms with van der Waals surface area (Å²) in [5.41, 5.74) is 7.94. The first-order chi connectivity index (χ1) is 7.67. The van der Waals surface area contributed by atoms with Crippen molar-refractivity contribution in [3.05, 3.63) is 17.2 Å². The zero-order chi connectivity index (χ0) is 11.7. The van der Waals surface area contributed by atoms with Gasteiger partial charge in [-0.15, -0.1) is 0 Å². The number of carbonyl (C=O) groups excluding carboxylic acids is 1. The van der Waals surface area contributed by atoms with Crippen molar-refractivity contribution < 1.29 is 9.53 Å². The van der Waals surface area contributed by atoms with E-state index in [0.29, 0.717) is 11.7 Å². The topological polar surface area (TPSA) is 81.0 Å². The quantitative estimate of drug-likeness (QED) is 0.750. The van der Waals surface area contributed by atoms with Crippen molar-refractivity contribution in [3.63, 3.8) is 0 Å².